The van der Waals surface area contributed by atoms with Crippen molar-refractivity contribution in [1.82, 2.24) is 19.7 Å². The van der Waals surface area contributed by atoms with Crippen molar-refractivity contribution in [1.29, 1.82) is 0 Å². The van der Waals surface area contributed by atoms with Crippen molar-refractivity contribution in [2.24, 2.45) is 0 Å². The lowest BCUT2D eigenvalue weighted by molar-refractivity contribution is -0.142. The van der Waals surface area contributed by atoms with Gasteiger partial charge in [-0.25, -0.2) is 13.4 Å². The molecule has 0 aliphatic heterocycles. The third-order valence-corrected chi connectivity index (χ3v) is 7.69. The van der Waals surface area contributed by atoms with Crippen molar-refractivity contribution in [3.05, 3.63) is 59.9 Å². The van der Waals surface area contributed by atoms with E-state index in [1.165, 1.54) is 23.5 Å². The van der Waals surface area contributed by atoms with Gasteiger partial charge >= 0.3 is 5.97 Å². The van der Waals surface area contributed by atoms with Crippen molar-refractivity contribution in [2.75, 3.05) is 17.7 Å². The normalized spacial score (nSPS) is 11.2. The van der Waals surface area contributed by atoms with Crippen LogP contribution in [-0.2, 0) is 42.9 Å². The van der Waals surface area contributed by atoms with Gasteiger partial charge in [0, 0.05) is 11.9 Å². The van der Waals surface area contributed by atoms with Crippen LogP contribution in [0, 0.1) is 0 Å². The minimum absolute atomic E-state index is 0.00744. The van der Waals surface area contributed by atoms with E-state index >= 15 is 0 Å². The van der Waals surface area contributed by atoms with Crippen LogP contribution in [0.1, 0.15) is 18.4 Å². The third kappa shape index (κ3) is 6.98. The van der Waals surface area contributed by atoms with Gasteiger partial charge in [0.05, 0.1) is 29.4 Å². The number of anilines is 1. The van der Waals surface area contributed by atoms with Crippen molar-refractivity contribution in [3.63, 3.8) is 0 Å². The number of sulfone groups is 1. The van der Waals surface area contributed by atoms with Crippen LogP contribution in [0.15, 0.2) is 58.4 Å². The van der Waals surface area contributed by atoms with Gasteiger partial charge in [0.1, 0.15) is 11.6 Å². The molecule has 1 N–H and O–H groups in total. The van der Waals surface area contributed by atoms with E-state index in [0.29, 0.717) is 29.1 Å². The van der Waals surface area contributed by atoms with Gasteiger partial charge in [0.15, 0.2) is 20.1 Å². The summed E-state index contributed by atoms with van der Waals surface area (Å²) < 4.78 is 32.0. The Balaban J connectivity index is 1.62. The second-order valence-corrected chi connectivity index (χ2v) is 10.6. The minimum Gasteiger partial charge on any atom is -0.466 e. The molecule has 13 heteroatoms. The van der Waals surface area contributed by atoms with Crippen molar-refractivity contribution in [2.45, 2.75) is 35.7 Å². The van der Waals surface area contributed by atoms with E-state index in [4.69, 9.17) is 4.74 Å². The first kappa shape index (κ1) is 25.6. The van der Waals surface area contributed by atoms with Crippen LogP contribution in [0.2, 0.25) is 0 Å². The fraction of sp³-hybridized carbons (Fsp3) is 0.286. The van der Waals surface area contributed by atoms with Crippen LogP contribution in [0.4, 0.5) is 5.13 Å². The first-order valence-electron chi connectivity index (χ1n) is 10.2. The number of hydrogen-bond donors (Lipinski definition) is 1. The topological polar surface area (TPSA) is 133 Å². The van der Waals surface area contributed by atoms with Crippen molar-refractivity contribution >= 4 is 49.9 Å². The monoisotopic (exact) mass is 521 g/mol. The number of rotatable bonds is 12. The van der Waals surface area contributed by atoms with E-state index in [1.54, 1.807) is 41.1 Å². The Morgan fingerprint density at radius 1 is 1.26 bits per heavy atom. The molecule has 0 unspecified atom stereocenters. The first-order chi connectivity index (χ1) is 16.3. The van der Waals surface area contributed by atoms with Crippen LogP contribution in [0.25, 0.3) is 0 Å². The predicted molar refractivity (Wildman–Crippen MR) is 129 cm³/mol. The smallest absolute Gasteiger partial charge is 0.311 e. The predicted octanol–water partition coefficient (Wildman–Crippen LogP) is 2.73. The Bertz CT molecular complexity index is 1250. The number of amides is 1. The average molecular weight is 522 g/mol. The molecule has 0 aliphatic carbocycles. The zero-order valence-corrected chi connectivity index (χ0v) is 20.8. The van der Waals surface area contributed by atoms with Crippen LogP contribution >= 0.6 is 23.1 Å². The van der Waals surface area contributed by atoms with Gasteiger partial charge in [-0.1, -0.05) is 36.0 Å². The number of aromatic nitrogens is 4. The molecule has 0 aliphatic rings. The first-order valence-corrected chi connectivity index (χ1v) is 13.7. The number of nitrogens with one attached hydrogen (secondary N) is 1. The molecule has 0 spiro atoms. The van der Waals surface area contributed by atoms with Gasteiger partial charge in [-0.15, -0.1) is 28.1 Å². The molecule has 2 heterocycles. The van der Waals surface area contributed by atoms with E-state index in [9.17, 15) is 18.0 Å². The van der Waals surface area contributed by atoms with Gasteiger partial charge in [-0.3, -0.25) is 9.59 Å². The summed E-state index contributed by atoms with van der Waals surface area (Å²) in [4.78, 5) is 28.3. The molecule has 10 nitrogen and oxygen atoms in total. The molecule has 0 saturated heterocycles. The summed E-state index contributed by atoms with van der Waals surface area (Å²) >= 11 is 2.32. The summed E-state index contributed by atoms with van der Waals surface area (Å²) in [7, 11) is -3.61. The molecule has 3 aromatic rings. The summed E-state index contributed by atoms with van der Waals surface area (Å²) in [5, 5.41) is 13.2. The lowest BCUT2D eigenvalue weighted by atomic mass is 10.3. The molecule has 34 heavy (non-hydrogen) atoms. The average Bonchev–Trinajstić information content (AvgIpc) is 3.39. The van der Waals surface area contributed by atoms with Crippen molar-refractivity contribution < 1.29 is 22.7 Å². The number of thioether (sulfide) groups is 1. The van der Waals surface area contributed by atoms with Crippen molar-refractivity contribution in [3.8, 4) is 0 Å². The van der Waals surface area contributed by atoms with E-state index in [-0.39, 0.29) is 40.5 Å². The van der Waals surface area contributed by atoms with Gasteiger partial charge in [-0.2, -0.15) is 0 Å². The van der Waals surface area contributed by atoms with Gasteiger partial charge in [0.25, 0.3) is 0 Å². The van der Waals surface area contributed by atoms with Gasteiger partial charge < -0.3 is 14.6 Å². The maximum absolute atomic E-state index is 12.7. The van der Waals surface area contributed by atoms with Crippen LogP contribution < -0.4 is 5.32 Å². The highest BCUT2D eigenvalue weighted by atomic mass is 32.2. The molecular weight excluding hydrogens is 498 g/mol. The maximum atomic E-state index is 12.7. The lowest BCUT2D eigenvalue weighted by Gasteiger charge is -2.08. The molecule has 1 aromatic carbocycles. The van der Waals surface area contributed by atoms with E-state index in [2.05, 4.69) is 27.1 Å². The summed E-state index contributed by atoms with van der Waals surface area (Å²) in [6.45, 7) is 6.01. The molecule has 1 amide bonds. The maximum Gasteiger partial charge on any atom is 0.311 e. The Labute approximate surface area is 205 Å². The summed E-state index contributed by atoms with van der Waals surface area (Å²) in [6, 6.07) is 8.11. The van der Waals surface area contributed by atoms with Crippen LogP contribution in [0.5, 0.6) is 0 Å². The zero-order valence-electron chi connectivity index (χ0n) is 18.3. The highest BCUT2D eigenvalue weighted by molar-refractivity contribution is 7.99. The number of thiazole rings is 1. The number of carbonyl (C=O) groups excluding carboxylic acids is 2. The number of nitrogens with zero attached hydrogens (tertiary/aromatic N) is 4. The highest BCUT2D eigenvalue weighted by Gasteiger charge is 2.21. The number of ether oxygens (including phenoxy) is 1. The van der Waals surface area contributed by atoms with E-state index < -0.39 is 9.84 Å². The molecular formula is C21H23N5O5S3. The second kappa shape index (κ2) is 11.9. The molecule has 180 valence electrons. The van der Waals surface area contributed by atoms with Crippen LogP contribution in [0.3, 0.4) is 0 Å². The van der Waals surface area contributed by atoms with Gasteiger partial charge in [0.2, 0.25) is 5.91 Å². The standard InChI is InChI=1S/C21H23N5O5S3/c1-3-10-26-17(14-34(29,30)16-8-6-5-7-9-16)24-25-21(26)33-13-18(27)23-20-22-15(12-32-20)11-19(28)31-4-2/h3,5-9,12H,1,4,10-11,13-14H2,2H3,(H,22,23,27). The van der Waals surface area contributed by atoms with Crippen LogP contribution in [-0.4, -0.2) is 52.4 Å². The number of esters is 1. The molecule has 2 aromatic heterocycles. The molecule has 3 rings (SSSR count). The van der Waals surface area contributed by atoms with E-state index in [1.807, 2.05) is 0 Å². The molecule has 0 radical (unpaired) electrons. The minimum atomic E-state index is -3.61. The SMILES string of the molecule is C=CCn1c(CS(=O)(=O)c2ccccc2)nnc1SCC(=O)Nc1nc(CC(=O)OCC)cs1. The Morgan fingerprint density at radius 3 is 2.74 bits per heavy atom. The summed E-state index contributed by atoms with van der Waals surface area (Å²) in [5.41, 5.74) is 0.515. The second-order valence-electron chi connectivity index (χ2n) is 6.83. The Morgan fingerprint density at radius 2 is 2.03 bits per heavy atom. The number of hydrogen-bond acceptors (Lipinski definition) is 10. The number of allylic oxidation sites excluding steroid dienone is 1. The fourth-order valence-corrected chi connectivity index (χ4v) is 5.60. The molecule has 0 atom stereocenters. The van der Waals surface area contributed by atoms with E-state index in [0.717, 1.165) is 11.8 Å². The lowest BCUT2D eigenvalue weighted by Crippen LogP contribution is -2.15. The largest absolute Gasteiger partial charge is 0.466 e. The quantitative estimate of drug-likeness (QED) is 0.217. The Hall–Kier alpha value is -3.03. The Kier molecular flexibility index (Phi) is 8.96. The zero-order chi connectivity index (χ0) is 24.6. The molecule has 0 saturated carbocycles. The third-order valence-electron chi connectivity index (χ3n) is 4.29. The summed E-state index contributed by atoms with van der Waals surface area (Å²) in [5.74, 6) is -0.766. The number of carbonyl (C=O) groups is 2. The van der Waals surface area contributed by atoms with Gasteiger partial charge in [-0.05, 0) is 19.1 Å². The number of benzene rings is 1. The molecule has 0 bridgehead atoms. The summed E-state index contributed by atoms with van der Waals surface area (Å²) in [6.07, 6.45) is 1.64. The highest BCUT2D eigenvalue weighted by Crippen LogP contribution is 2.22. The molecule has 0 fully saturated rings. The fourth-order valence-electron chi connectivity index (χ4n) is 2.82.